The normalized spacial score (nSPS) is 10.4. The fraction of sp³-hybridized carbons (Fsp3) is 0.0714. The number of carbonyl (C=O) groups is 1. The molecule has 0 aliphatic rings. The number of anilines is 1. The SMILES string of the molecule is O=C(COc1ccc(Br)cc1Cl)Nc1ccc(F)c(F)c1F. The molecule has 0 radical (unpaired) electrons. The molecule has 0 fully saturated rings. The van der Waals surface area contributed by atoms with Crippen molar-refractivity contribution >= 4 is 39.1 Å². The molecule has 0 unspecified atom stereocenters. The summed E-state index contributed by atoms with van der Waals surface area (Å²) in [6, 6.07) is 6.40. The zero-order valence-electron chi connectivity index (χ0n) is 10.8. The Morgan fingerprint density at radius 3 is 2.59 bits per heavy atom. The van der Waals surface area contributed by atoms with Gasteiger partial charge in [-0.25, -0.2) is 13.2 Å². The highest BCUT2D eigenvalue weighted by atomic mass is 79.9. The van der Waals surface area contributed by atoms with Crippen LogP contribution in [0.25, 0.3) is 0 Å². The zero-order chi connectivity index (χ0) is 16.3. The first-order valence-corrected chi connectivity index (χ1v) is 7.07. The molecular formula is C14H8BrClF3NO2. The largest absolute Gasteiger partial charge is 0.482 e. The van der Waals surface area contributed by atoms with Crippen LogP contribution in [0.5, 0.6) is 5.75 Å². The molecule has 0 aliphatic heterocycles. The van der Waals surface area contributed by atoms with Gasteiger partial charge >= 0.3 is 0 Å². The maximum Gasteiger partial charge on any atom is 0.262 e. The van der Waals surface area contributed by atoms with E-state index in [4.69, 9.17) is 16.3 Å². The minimum atomic E-state index is -1.66. The van der Waals surface area contributed by atoms with E-state index in [1.54, 1.807) is 12.1 Å². The molecule has 2 aromatic carbocycles. The van der Waals surface area contributed by atoms with Crippen LogP contribution in [0.4, 0.5) is 18.9 Å². The first-order chi connectivity index (χ1) is 10.4. The lowest BCUT2D eigenvalue weighted by molar-refractivity contribution is -0.118. The topological polar surface area (TPSA) is 38.3 Å². The van der Waals surface area contributed by atoms with Crippen LogP contribution in [0.1, 0.15) is 0 Å². The van der Waals surface area contributed by atoms with Crippen LogP contribution in [0, 0.1) is 17.5 Å². The van der Waals surface area contributed by atoms with Crippen molar-refractivity contribution in [1.82, 2.24) is 0 Å². The molecule has 8 heteroatoms. The Balaban J connectivity index is 2.00. The van der Waals surface area contributed by atoms with E-state index in [0.717, 1.165) is 10.5 Å². The Labute approximate surface area is 137 Å². The number of hydrogen-bond donors (Lipinski definition) is 1. The maximum atomic E-state index is 13.4. The van der Waals surface area contributed by atoms with Gasteiger partial charge in [-0.1, -0.05) is 27.5 Å². The number of rotatable bonds is 4. The van der Waals surface area contributed by atoms with Crippen molar-refractivity contribution in [3.63, 3.8) is 0 Å². The van der Waals surface area contributed by atoms with Crippen molar-refractivity contribution in [3.05, 3.63) is 57.3 Å². The van der Waals surface area contributed by atoms with E-state index in [-0.39, 0.29) is 10.8 Å². The number of benzene rings is 2. The summed E-state index contributed by atoms with van der Waals surface area (Å²) in [4.78, 5) is 11.6. The van der Waals surface area contributed by atoms with Gasteiger partial charge in [0.15, 0.2) is 24.1 Å². The molecule has 0 bridgehead atoms. The van der Waals surface area contributed by atoms with Crippen LogP contribution in [-0.2, 0) is 4.79 Å². The predicted molar refractivity (Wildman–Crippen MR) is 79.6 cm³/mol. The van der Waals surface area contributed by atoms with Crippen LogP contribution in [-0.4, -0.2) is 12.5 Å². The van der Waals surface area contributed by atoms with E-state index in [9.17, 15) is 18.0 Å². The number of hydrogen-bond acceptors (Lipinski definition) is 2. The molecule has 3 nitrogen and oxygen atoms in total. The van der Waals surface area contributed by atoms with Crippen molar-refractivity contribution in [2.24, 2.45) is 0 Å². The molecule has 2 rings (SSSR count). The Morgan fingerprint density at radius 1 is 1.18 bits per heavy atom. The van der Waals surface area contributed by atoms with Crippen LogP contribution in [0.3, 0.4) is 0 Å². The Bertz CT molecular complexity index is 727. The van der Waals surface area contributed by atoms with Gasteiger partial charge < -0.3 is 10.1 Å². The zero-order valence-corrected chi connectivity index (χ0v) is 13.1. The number of amides is 1. The van der Waals surface area contributed by atoms with Crippen molar-refractivity contribution in [2.45, 2.75) is 0 Å². The van der Waals surface area contributed by atoms with Gasteiger partial charge in [0.1, 0.15) is 5.75 Å². The summed E-state index contributed by atoms with van der Waals surface area (Å²) in [7, 11) is 0. The molecule has 1 amide bonds. The smallest absolute Gasteiger partial charge is 0.262 e. The molecule has 0 atom stereocenters. The quantitative estimate of drug-likeness (QED) is 0.774. The van der Waals surface area contributed by atoms with Gasteiger partial charge in [0.2, 0.25) is 0 Å². The Morgan fingerprint density at radius 2 is 1.91 bits per heavy atom. The summed E-state index contributed by atoms with van der Waals surface area (Å²) in [5, 5.41) is 2.36. The molecule has 0 saturated heterocycles. The van der Waals surface area contributed by atoms with Gasteiger partial charge in [-0.3, -0.25) is 4.79 Å². The first kappa shape index (κ1) is 16.6. The second-order valence-corrected chi connectivity index (χ2v) is 5.46. The number of ether oxygens (including phenoxy) is 1. The van der Waals surface area contributed by atoms with E-state index < -0.39 is 35.7 Å². The third-order valence-corrected chi connectivity index (χ3v) is 3.35. The molecule has 22 heavy (non-hydrogen) atoms. The van der Waals surface area contributed by atoms with Crippen LogP contribution < -0.4 is 10.1 Å². The Kier molecular flexibility index (Phi) is 5.31. The van der Waals surface area contributed by atoms with Crippen molar-refractivity contribution in [2.75, 3.05) is 11.9 Å². The first-order valence-electron chi connectivity index (χ1n) is 5.89. The summed E-state index contributed by atoms with van der Waals surface area (Å²) in [5.41, 5.74) is -0.477. The molecule has 0 heterocycles. The lowest BCUT2D eigenvalue weighted by Gasteiger charge is -2.10. The van der Waals surface area contributed by atoms with Crippen molar-refractivity contribution in [3.8, 4) is 5.75 Å². The maximum absolute atomic E-state index is 13.4. The summed E-state index contributed by atoms with van der Waals surface area (Å²) in [6.07, 6.45) is 0. The fourth-order valence-corrected chi connectivity index (χ4v) is 2.27. The number of nitrogens with one attached hydrogen (secondary N) is 1. The minimum absolute atomic E-state index is 0.255. The van der Waals surface area contributed by atoms with E-state index >= 15 is 0 Å². The molecule has 0 aliphatic carbocycles. The van der Waals surface area contributed by atoms with Crippen LogP contribution in [0.15, 0.2) is 34.8 Å². The lowest BCUT2D eigenvalue weighted by Crippen LogP contribution is -2.21. The van der Waals surface area contributed by atoms with Crippen LogP contribution in [0.2, 0.25) is 5.02 Å². The van der Waals surface area contributed by atoms with Gasteiger partial charge in [-0.15, -0.1) is 0 Å². The Hall–Kier alpha value is -1.73. The van der Waals surface area contributed by atoms with Gasteiger partial charge in [-0.2, -0.15) is 0 Å². The van der Waals surface area contributed by atoms with Gasteiger partial charge in [-0.05, 0) is 30.3 Å². The van der Waals surface area contributed by atoms with Gasteiger partial charge in [0.05, 0.1) is 10.7 Å². The molecule has 0 saturated carbocycles. The fourth-order valence-electron chi connectivity index (χ4n) is 1.54. The second-order valence-electron chi connectivity index (χ2n) is 4.13. The van der Waals surface area contributed by atoms with Crippen LogP contribution >= 0.6 is 27.5 Å². The standard InChI is InChI=1S/C14H8BrClF3NO2/c15-7-1-4-11(8(16)5-7)22-6-12(21)20-10-3-2-9(17)13(18)14(10)19/h1-5H,6H2,(H,20,21). The highest BCUT2D eigenvalue weighted by Gasteiger charge is 2.15. The van der Waals surface area contributed by atoms with E-state index in [2.05, 4.69) is 21.2 Å². The van der Waals surface area contributed by atoms with Crippen molar-refractivity contribution < 1.29 is 22.7 Å². The molecule has 0 spiro atoms. The van der Waals surface area contributed by atoms with E-state index in [0.29, 0.717) is 6.07 Å². The number of halogens is 5. The third-order valence-electron chi connectivity index (χ3n) is 2.56. The predicted octanol–water partition coefficient (Wildman–Crippen LogP) is 4.54. The summed E-state index contributed by atoms with van der Waals surface area (Å²) in [6.45, 7) is -0.472. The average Bonchev–Trinajstić information content (AvgIpc) is 2.47. The highest BCUT2D eigenvalue weighted by Crippen LogP contribution is 2.27. The highest BCUT2D eigenvalue weighted by molar-refractivity contribution is 9.10. The summed E-state index contributed by atoms with van der Waals surface area (Å²) in [5.74, 6) is -4.97. The average molecular weight is 395 g/mol. The second kappa shape index (κ2) is 7.02. The molecule has 0 aromatic heterocycles. The van der Waals surface area contributed by atoms with E-state index in [1.165, 1.54) is 6.07 Å². The lowest BCUT2D eigenvalue weighted by atomic mass is 10.3. The molecule has 2 aromatic rings. The van der Waals surface area contributed by atoms with Crippen molar-refractivity contribution in [1.29, 1.82) is 0 Å². The molecule has 116 valence electrons. The molecule has 1 N–H and O–H groups in total. The molecular weight excluding hydrogens is 387 g/mol. The van der Waals surface area contributed by atoms with E-state index in [1.807, 2.05) is 0 Å². The minimum Gasteiger partial charge on any atom is -0.482 e. The van der Waals surface area contributed by atoms with Gasteiger partial charge in [0.25, 0.3) is 5.91 Å². The monoisotopic (exact) mass is 393 g/mol. The third kappa shape index (κ3) is 3.92. The number of carbonyl (C=O) groups excluding carboxylic acids is 1. The summed E-state index contributed by atoms with van der Waals surface area (Å²) >= 11 is 9.11. The van der Waals surface area contributed by atoms with Gasteiger partial charge in [0, 0.05) is 4.47 Å². The summed E-state index contributed by atoms with van der Waals surface area (Å²) < 4.78 is 45.1.